The number of amides is 1. The van der Waals surface area contributed by atoms with Crippen LogP contribution in [0.2, 0.25) is 0 Å². The minimum atomic E-state index is -0.965. The quantitative estimate of drug-likeness (QED) is 0.834. The lowest BCUT2D eigenvalue weighted by molar-refractivity contribution is -0.117. The van der Waals surface area contributed by atoms with Crippen molar-refractivity contribution in [2.45, 2.75) is 26.3 Å². The molecule has 1 aliphatic rings. The Morgan fingerprint density at radius 2 is 1.82 bits per heavy atom. The van der Waals surface area contributed by atoms with Gasteiger partial charge in [-0.15, -0.1) is 0 Å². The highest BCUT2D eigenvalue weighted by molar-refractivity contribution is 6.02. The highest BCUT2D eigenvalue weighted by Gasteiger charge is 2.27. The van der Waals surface area contributed by atoms with E-state index in [0.29, 0.717) is 18.0 Å². The van der Waals surface area contributed by atoms with Crippen LogP contribution in [0.15, 0.2) is 12.1 Å². The molecular formula is C12H14F2N2O. The molecule has 0 aromatic heterocycles. The predicted octanol–water partition coefficient (Wildman–Crippen LogP) is 2.74. The van der Waals surface area contributed by atoms with Crippen LogP contribution in [0.1, 0.15) is 20.3 Å². The van der Waals surface area contributed by atoms with E-state index >= 15 is 0 Å². The highest BCUT2D eigenvalue weighted by atomic mass is 19.2. The van der Waals surface area contributed by atoms with Gasteiger partial charge in [0.1, 0.15) is 6.04 Å². The number of hydrogen-bond acceptors (Lipinski definition) is 2. The molecule has 0 radical (unpaired) electrons. The van der Waals surface area contributed by atoms with E-state index in [1.54, 1.807) is 0 Å². The van der Waals surface area contributed by atoms with Gasteiger partial charge >= 0.3 is 0 Å². The number of hydrogen-bond donors (Lipinski definition) is 2. The SMILES string of the molecule is CC(C)C[C@H]1Nc2cc(F)c(F)cc2NC1=O. The summed E-state index contributed by atoms with van der Waals surface area (Å²) in [6.45, 7) is 3.99. The second kappa shape index (κ2) is 4.31. The monoisotopic (exact) mass is 240 g/mol. The number of carbonyl (C=O) groups excluding carboxylic acids is 1. The number of halogens is 2. The number of anilines is 2. The van der Waals surface area contributed by atoms with Gasteiger partial charge in [0.15, 0.2) is 11.6 Å². The molecule has 1 aliphatic heterocycles. The molecule has 1 aromatic rings. The summed E-state index contributed by atoms with van der Waals surface area (Å²) in [5, 5.41) is 5.50. The van der Waals surface area contributed by atoms with Crippen molar-refractivity contribution in [3.8, 4) is 0 Å². The molecule has 0 fully saturated rings. The Balaban J connectivity index is 2.28. The second-order valence-corrected chi connectivity index (χ2v) is 4.63. The third-order valence-corrected chi connectivity index (χ3v) is 2.67. The van der Waals surface area contributed by atoms with Crippen molar-refractivity contribution in [2.24, 2.45) is 5.92 Å². The average molecular weight is 240 g/mol. The minimum absolute atomic E-state index is 0.211. The van der Waals surface area contributed by atoms with E-state index in [2.05, 4.69) is 10.6 Å². The molecule has 1 heterocycles. The number of rotatable bonds is 2. The van der Waals surface area contributed by atoms with Crippen LogP contribution in [0, 0.1) is 17.6 Å². The van der Waals surface area contributed by atoms with Gasteiger partial charge in [-0.2, -0.15) is 0 Å². The Morgan fingerprint density at radius 1 is 1.24 bits per heavy atom. The topological polar surface area (TPSA) is 41.1 Å². The molecule has 1 aromatic carbocycles. The molecule has 0 saturated heterocycles. The summed E-state index contributed by atoms with van der Waals surface area (Å²) < 4.78 is 26.1. The normalized spacial score (nSPS) is 18.6. The maximum atomic E-state index is 13.1. The Kier molecular flexibility index (Phi) is 3.00. The van der Waals surface area contributed by atoms with E-state index in [0.717, 1.165) is 12.1 Å². The Bertz CT molecular complexity index is 460. The lowest BCUT2D eigenvalue weighted by Crippen LogP contribution is -2.39. The largest absolute Gasteiger partial charge is 0.372 e. The first-order valence-electron chi connectivity index (χ1n) is 5.54. The fraction of sp³-hybridized carbons (Fsp3) is 0.417. The molecule has 0 saturated carbocycles. The second-order valence-electron chi connectivity index (χ2n) is 4.63. The third-order valence-electron chi connectivity index (χ3n) is 2.67. The zero-order chi connectivity index (χ0) is 12.6. The minimum Gasteiger partial charge on any atom is -0.372 e. The Morgan fingerprint density at radius 3 is 2.41 bits per heavy atom. The van der Waals surface area contributed by atoms with E-state index in [1.165, 1.54) is 0 Å². The lowest BCUT2D eigenvalue weighted by atomic mass is 10.0. The van der Waals surface area contributed by atoms with Gasteiger partial charge in [0.2, 0.25) is 5.91 Å². The summed E-state index contributed by atoms with van der Waals surface area (Å²) in [5.74, 6) is -1.76. The van der Waals surface area contributed by atoms with Crippen LogP contribution in [-0.4, -0.2) is 11.9 Å². The van der Waals surface area contributed by atoms with Crippen LogP contribution in [-0.2, 0) is 4.79 Å². The van der Waals surface area contributed by atoms with Gasteiger partial charge in [-0.3, -0.25) is 4.79 Å². The summed E-state index contributed by atoms with van der Waals surface area (Å²) in [6.07, 6.45) is 0.643. The number of carbonyl (C=O) groups is 1. The van der Waals surface area contributed by atoms with Crippen molar-refractivity contribution in [2.75, 3.05) is 10.6 Å². The van der Waals surface area contributed by atoms with E-state index in [9.17, 15) is 13.6 Å². The lowest BCUT2D eigenvalue weighted by Gasteiger charge is -2.27. The standard InChI is InChI=1S/C12H14F2N2O/c1-6(2)3-11-12(17)16-10-5-8(14)7(13)4-9(10)15-11/h4-6,11,15H,3H2,1-2H3,(H,16,17)/t11-/m1/s1. The first-order valence-corrected chi connectivity index (χ1v) is 5.54. The molecule has 0 aliphatic carbocycles. The molecule has 5 heteroatoms. The number of fused-ring (bicyclic) bond motifs is 1. The van der Waals surface area contributed by atoms with Gasteiger partial charge in [-0.05, 0) is 12.3 Å². The third kappa shape index (κ3) is 2.38. The van der Waals surface area contributed by atoms with Crippen LogP contribution in [0.3, 0.4) is 0 Å². The molecular weight excluding hydrogens is 226 g/mol. The van der Waals surface area contributed by atoms with Crippen LogP contribution in [0.25, 0.3) is 0 Å². The van der Waals surface area contributed by atoms with Gasteiger partial charge in [0.05, 0.1) is 11.4 Å². The molecule has 3 nitrogen and oxygen atoms in total. The van der Waals surface area contributed by atoms with E-state index in [1.807, 2.05) is 13.8 Å². The van der Waals surface area contributed by atoms with E-state index in [4.69, 9.17) is 0 Å². The Hall–Kier alpha value is -1.65. The maximum absolute atomic E-state index is 13.1. The molecule has 0 spiro atoms. The van der Waals surface area contributed by atoms with Crippen molar-refractivity contribution in [1.82, 2.24) is 0 Å². The van der Waals surface area contributed by atoms with E-state index in [-0.39, 0.29) is 11.6 Å². The van der Waals surface area contributed by atoms with Crippen LogP contribution < -0.4 is 10.6 Å². The Labute approximate surface area is 98.2 Å². The van der Waals surface area contributed by atoms with Crippen molar-refractivity contribution < 1.29 is 13.6 Å². The molecule has 17 heavy (non-hydrogen) atoms. The molecule has 2 rings (SSSR count). The van der Waals surface area contributed by atoms with Gasteiger partial charge < -0.3 is 10.6 Å². The number of benzene rings is 1. The van der Waals surface area contributed by atoms with Crippen LogP contribution in [0.4, 0.5) is 20.2 Å². The predicted molar refractivity (Wildman–Crippen MR) is 61.9 cm³/mol. The van der Waals surface area contributed by atoms with Crippen molar-refractivity contribution >= 4 is 17.3 Å². The number of nitrogens with one attached hydrogen (secondary N) is 2. The summed E-state index contributed by atoms with van der Waals surface area (Å²) >= 11 is 0. The van der Waals surface area contributed by atoms with Gasteiger partial charge in [-0.1, -0.05) is 13.8 Å². The summed E-state index contributed by atoms with van der Waals surface area (Å²) in [6, 6.07) is 1.66. The van der Waals surface area contributed by atoms with Gasteiger partial charge in [0, 0.05) is 12.1 Å². The van der Waals surface area contributed by atoms with Crippen molar-refractivity contribution in [3.63, 3.8) is 0 Å². The molecule has 0 bridgehead atoms. The highest BCUT2D eigenvalue weighted by Crippen LogP contribution is 2.30. The zero-order valence-corrected chi connectivity index (χ0v) is 9.68. The zero-order valence-electron chi connectivity index (χ0n) is 9.68. The van der Waals surface area contributed by atoms with Crippen molar-refractivity contribution in [1.29, 1.82) is 0 Å². The van der Waals surface area contributed by atoms with E-state index < -0.39 is 17.7 Å². The van der Waals surface area contributed by atoms with Crippen LogP contribution >= 0.6 is 0 Å². The van der Waals surface area contributed by atoms with Crippen molar-refractivity contribution in [3.05, 3.63) is 23.8 Å². The molecule has 0 unspecified atom stereocenters. The van der Waals surface area contributed by atoms with Gasteiger partial charge in [-0.25, -0.2) is 8.78 Å². The fourth-order valence-electron chi connectivity index (χ4n) is 1.88. The molecule has 1 amide bonds. The summed E-state index contributed by atoms with van der Waals surface area (Å²) in [5.41, 5.74) is 0.711. The van der Waals surface area contributed by atoms with Gasteiger partial charge in [0.25, 0.3) is 0 Å². The van der Waals surface area contributed by atoms with Crippen LogP contribution in [0.5, 0.6) is 0 Å². The summed E-state index contributed by atoms with van der Waals surface area (Å²) in [7, 11) is 0. The summed E-state index contributed by atoms with van der Waals surface area (Å²) in [4.78, 5) is 11.7. The first kappa shape index (κ1) is 11.8. The molecule has 2 N–H and O–H groups in total. The molecule has 1 atom stereocenters. The fourth-order valence-corrected chi connectivity index (χ4v) is 1.88. The smallest absolute Gasteiger partial charge is 0.246 e. The molecule has 92 valence electrons. The first-order chi connectivity index (χ1) is 7.97. The maximum Gasteiger partial charge on any atom is 0.246 e. The average Bonchev–Trinajstić information content (AvgIpc) is 2.22.